The Labute approximate surface area is 255 Å². The van der Waals surface area contributed by atoms with Crippen molar-refractivity contribution in [2.24, 2.45) is 33.8 Å². The van der Waals surface area contributed by atoms with Gasteiger partial charge in [0.25, 0.3) is 0 Å². The third kappa shape index (κ3) is 10.8. The Morgan fingerprint density at radius 1 is 1.00 bits per heavy atom. The third-order valence-corrected chi connectivity index (χ3v) is 10.6. The van der Waals surface area contributed by atoms with E-state index in [0.29, 0.717) is 31.8 Å². The summed E-state index contributed by atoms with van der Waals surface area (Å²) in [6.07, 6.45) is 9.21. The number of hydrogen-bond acceptors (Lipinski definition) is 5. The second kappa shape index (κ2) is 18.4. The van der Waals surface area contributed by atoms with E-state index in [1.165, 1.54) is 44.1 Å². The van der Waals surface area contributed by atoms with Gasteiger partial charge in [0.2, 0.25) is 11.8 Å². The van der Waals surface area contributed by atoms with Gasteiger partial charge in [-0.25, -0.2) is 0 Å². The number of ether oxygens (including phenoxy) is 1. The molecule has 0 aromatic heterocycles. The van der Waals surface area contributed by atoms with Gasteiger partial charge in [0, 0.05) is 26.1 Å². The predicted octanol–water partition coefficient (Wildman–Crippen LogP) is 8.05. The van der Waals surface area contributed by atoms with E-state index in [-0.39, 0.29) is 40.2 Å². The largest absolute Gasteiger partial charge is 0.362 e. The summed E-state index contributed by atoms with van der Waals surface area (Å²) < 4.78 is 5.95. The second-order valence-corrected chi connectivity index (χ2v) is 13.9. The van der Waals surface area contributed by atoms with Gasteiger partial charge in [-0.15, -0.1) is 0 Å². The van der Waals surface area contributed by atoms with Crippen molar-refractivity contribution in [3.8, 4) is 0 Å². The summed E-state index contributed by atoms with van der Waals surface area (Å²) >= 11 is 0. The number of allylic oxidation sites excluding steroid dienone is 1. The molecule has 2 N–H and O–H groups in total. The lowest BCUT2D eigenvalue weighted by Crippen LogP contribution is -2.47. The van der Waals surface area contributed by atoms with Gasteiger partial charge in [-0.2, -0.15) is 0 Å². The first-order chi connectivity index (χ1) is 19.2. The first-order valence-corrected chi connectivity index (χ1v) is 16.6. The van der Waals surface area contributed by atoms with Crippen LogP contribution in [0.25, 0.3) is 0 Å². The summed E-state index contributed by atoms with van der Waals surface area (Å²) in [6.45, 7) is 32.1. The highest BCUT2D eigenvalue weighted by atomic mass is 16.5. The highest BCUT2D eigenvalue weighted by molar-refractivity contribution is 6.03. The van der Waals surface area contributed by atoms with E-state index in [0.717, 1.165) is 31.6 Å². The van der Waals surface area contributed by atoms with Gasteiger partial charge < -0.3 is 10.5 Å². The molecule has 2 rings (SSSR count). The number of carbonyl (C=O) groups is 2. The fourth-order valence-corrected chi connectivity index (χ4v) is 6.23. The van der Waals surface area contributed by atoms with Gasteiger partial charge in [0.1, 0.15) is 6.23 Å². The number of rotatable bonds is 16. The highest BCUT2D eigenvalue weighted by Crippen LogP contribution is 2.57. The van der Waals surface area contributed by atoms with Crippen LogP contribution in [0.15, 0.2) is 12.2 Å². The number of carbonyl (C=O) groups excluding carboxylic acids is 2. The first kappa shape index (κ1) is 39.8. The summed E-state index contributed by atoms with van der Waals surface area (Å²) in [6, 6.07) is 0. The van der Waals surface area contributed by atoms with Crippen molar-refractivity contribution in [1.82, 2.24) is 9.80 Å². The van der Waals surface area contributed by atoms with Crippen LogP contribution in [0.2, 0.25) is 0 Å². The molecular formula is C35H69N3O3. The summed E-state index contributed by atoms with van der Waals surface area (Å²) in [7, 11) is 1.50. The van der Waals surface area contributed by atoms with Crippen LogP contribution in [0.1, 0.15) is 134 Å². The molecule has 0 bridgehead atoms. The van der Waals surface area contributed by atoms with Crippen molar-refractivity contribution in [3.05, 3.63) is 12.2 Å². The zero-order chi connectivity index (χ0) is 32.0. The lowest BCUT2D eigenvalue weighted by molar-refractivity contribution is -0.139. The van der Waals surface area contributed by atoms with Crippen LogP contribution in [0.5, 0.6) is 0 Å². The van der Waals surface area contributed by atoms with Crippen molar-refractivity contribution in [2.75, 3.05) is 33.3 Å². The number of amides is 2. The molecule has 2 saturated heterocycles. The molecule has 2 atom stereocenters. The molecule has 41 heavy (non-hydrogen) atoms. The van der Waals surface area contributed by atoms with Crippen LogP contribution < -0.4 is 5.73 Å². The van der Waals surface area contributed by atoms with Crippen LogP contribution in [-0.2, 0) is 14.3 Å². The number of nitrogens with zero attached hydrogens (tertiary/aromatic N) is 2. The maximum Gasteiger partial charge on any atom is 0.233 e. The fourth-order valence-electron chi connectivity index (χ4n) is 6.23. The number of unbranched alkanes of at least 4 members (excludes halogenated alkanes) is 4. The van der Waals surface area contributed by atoms with Crippen molar-refractivity contribution >= 4 is 11.8 Å². The Balaban J connectivity index is 0.00000382. The molecule has 6 heteroatoms. The molecule has 2 fully saturated rings. The zero-order valence-corrected chi connectivity index (χ0v) is 29.3. The smallest absolute Gasteiger partial charge is 0.233 e. The van der Waals surface area contributed by atoms with Gasteiger partial charge in [-0.1, -0.05) is 114 Å². The predicted molar refractivity (Wildman–Crippen MR) is 176 cm³/mol. The Hall–Kier alpha value is -1.24. The molecule has 0 aromatic rings. The molecule has 242 valence electrons. The van der Waals surface area contributed by atoms with E-state index < -0.39 is 0 Å². The van der Waals surface area contributed by atoms with E-state index in [2.05, 4.69) is 79.5 Å². The van der Waals surface area contributed by atoms with Crippen LogP contribution in [0.4, 0.5) is 0 Å². The molecular weight excluding hydrogens is 510 g/mol. The fraction of sp³-hybridized carbons (Fsp3) is 0.886. The molecule has 0 saturated carbocycles. The maximum atomic E-state index is 13.2. The second-order valence-electron chi connectivity index (χ2n) is 13.9. The van der Waals surface area contributed by atoms with E-state index >= 15 is 0 Å². The van der Waals surface area contributed by atoms with E-state index in [9.17, 15) is 9.59 Å². The van der Waals surface area contributed by atoms with Crippen LogP contribution in [0, 0.1) is 28.1 Å². The molecule has 2 aliphatic rings. The minimum Gasteiger partial charge on any atom is -0.362 e. The van der Waals surface area contributed by atoms with Crippen molar-refractivity contribution in [3.63, 3.8) is 0 Å². The first-order valence-electron chi connectivity index (χ1n) is 16.6. The molecule has 2 aliphatic heterocycles. The van der Waals surface area contributed by atoms with Gasteiger partial charge in [-0.05, 0) is 54.9 Å². The minimum atomic E-state index is -0.263. The molecule has 2 amide bonds. The average molecular weight is 580 g/mol. The summed E-state index contributed by atoms with van der Waals surface area (Å²) in [4.78, 5) is 29.9. The minimum absolute atomic E-state index is 0.0121. The van der Waals surface area contributed by atoms with E-state index in [4.69, 9.17) is 4.74 Å². The molecule has 0 aliphatic carbocycles. The summed E-state index contributed by atoms with van der Waals surface area (Å²) in [5, 5.41) is 0. The molecule has 6 nitrogen and oxygen atoms in total. The zero-order valence-electron chi connectivity index (χ0n) is 29.3. The quantitative estimate of drug-likeness (QED) is 0.114. The van der Waals surface area contributed by atoms with Crippen LogP contribution in [0.3, 0.4) is 0 Å². The van der Waals surface area contributed by atoms with Crippen LogP contribution in [-0.4, -0.2) is 61.1 Å². The molecule has 0 radical (unpaired) electrons. The Morgan fingerprint density at radius 2 is 1.59 bits per heavy atom. The third-order valence-electron chi connectivity index (χ3n) is 10.6. The summed E-state index contributed by atoms with van der Waals surface area (Å²) in [5.74, 6) is 0.252. The number of hydrogen-bond donors (Lipinski definition) is 1. The number of imide groups is 1. The van der Waals surface area contributed by atoms with E-state index in [1.54, 1.807) is 0 Å². The van der Waals surface area contributed by atoms with Gasteiger partial charge in [0.05, 0.1) is 12.5 Å². The molecule has 2 heterocycles. The van der Waals surface area contributed by atoms with E-state index in [1.807, 2.05) is 13.8 Å². The summed E-state index contributed by atoms with van der Waals surface area (Å²) in [5.41, 5.74) is 5.83. The Morgan fingerprint density at radius 3 is 2.15 bits per heavy atom. The normalized spacial score (nSPS) is 20.2. The number of likely N-dealkylation sites (tertiary alicyclic amines) is 1. The van der Waals surface area contributed by atoms with Gasteiger partial charge >= 0.3 is 0 Å². The molecule has 0 aromatic carbocycles. The van der Waals surface area contributed by atoms with Crippen LogP contribution >= 0.6 is 0 Å². The van der Waals surface area contributed by atoms with Gasteiger partial charge in [-0.3, -0.25) is 19.4 Å². The van der Waals surface area contributed by atoms with Crippen molar-refractivity contribution in [1.29, 1.82) is 0 Å². The Bertz CT molecular complexity index is 788. The lowest BCUT2D eigenvalue weighted by Gasteiger charge is -2.55. The van der Waals surface area contributed by atoms with Crippen molar-refractivity contribution in [2.45, 2.75) is 140 Å². The average Bonchev–Trinajstić information content (AvgIpc) is 3.47. The van der Waals surface area contributed by atoms with Gasteiger partial charge in [0.15, 0.2) is 0 Å². The van der Waals surface area contributed by atoms with Crippen molar-refractivity contribution < 1.29 is 14.3 Å². The maximum absolute atomic E-state index is 13.2. The molecule has 0 spiro atoms. The monoisotopic (exact) mass is 580 g/mol. The Kier molecular flexibility index (Phi) is 17.9. The highest BCUT2D eigenvalue weighted by Gasteiger charge is 2.49. The number of nitrogens with two attached hydrogens (primary N) is 1. The standard InChI is InChI=1S/C32H58N2O3.C2H6.CH5N/c1-11-12-13-14-15-16-28-33(19-20-37-28)17-18-34-27(35)22-26(29(34)36)21-25(4)23-30(5,6)32(9,10)31(7,8)24(2)3;2*1-2/h24,26,28H,4,11-23H2,1-3,5-10H3;1-2H3;2H2,1H3. The topological polar surface area (TPSA) is 75.9 Å². The SMILES string of the molecule is C=C(CC1CC(=O)N(CCN2CCOC2CCCCCCC)C1=O)CC(C)(C)C(C)(C)C(C)(C)C(C)C.CC.CN. The molecule has 2 unspecified atom stereocenters. The lowest BCUT2D eigenvalue weighted by atomic mass is 9.50.